The zero-order valence-corrected chi connectivity index (χ0v) is 21.1. The summed E-state index contributed by atoms with van der Waals surface area (Å²) >= 11 is 0. The zero-order valence-electron chi connectivity index (χ0n) is 21.1. The van der Waals surface area contributed by atoms with E-state index in [2.05, 4.69) is 10.2 Å². The van der Waals surface area contributed by atoms with Gasteiger partial charge in [-0.2, -0.15) is 18.3 Å². The van der Waals surface area contributed by atoms with Crippen molar-refractivity contribution in [2.24, 2.45) is 11.8 Å². The molecule has 1 atom stereocenters. The summed E-state index contributed by atoms with van der Waals surface area (Å²) in [5.74, 6) is 0.892. The van der Waals surface area contributed by atoms with Crippen LogP contribution >= 0.6 is 0 Å². The number of nitrogens with zero attached hydrogens (tertiary/aromatic N) is 4. The first-order valence-corrected chi connectivity index (χ1v) is 13.2. The molecule has 9 heteroatoms. The Morgan fingerprint density at radius 2 is 1.74 bits per heavy atom. The van der Waals surface area contributed by atoms with E-state index in [-0.39, 0.29) is 23.3 Å². The number of H-pyrrole nitrogens is 1. The van der Waals surface area contributed by atoms with Gasteiger partial charge in [-0.25, -0.2) is 4.98 Å². The summed E-state index contributed by atoms with van der Waals surface area (Å²) in [6.07, 6.45) is -0.0838. The number of likely N-dealkylation sites (tertiary alicyclic amines) is 1. The number of carbonyl (C=O) groups is 1. The lowest BCUT2D eigenvalue weighted by molar-refractivity contribution is -0.136. The summed E-state index contributed by atoms with van der Waals surface area (Å²) in [5, 5.41) is 8.03. The van der Waals surface area contributed by atoms with Crippen LogP contribution in [0.2, 0.25) is 0 Å². The Bertz CT molecular complexity index is 1700. The third kappa shape index (κ3) is 4.35. The fraction of sp³-hybridized carbons (Fsp3) is 0.300. The molecular weight excluding hydrogens is 503 g/mol. The average molecular weight is 530 g/mol. The van der Waals surface area contributed by atoms with Crippen LogP contribution in [0.1, 0.15) is 24.8 Å². The number of aromatic amines is 1. The number of hydrogen-bond acceptors (Lipinski definition) is 3. The van der Waals surface area contributed by atoms with E-state index in [1.807, 2.05) is 47.4 Å². The molecule has 1 aliphatic carbocycles. The van der Waals surface area contributed by atoms with Crippen molar-refractivity contribution in [1.29, 1.82) is 0 Å². The maximum absolute atomic E-state index is 14.1. The number of halogens is 3. The number of imidazole rings is 1. The first-order valence-electron chi connectivity index (χ1n) is 13.2. The average Bonchev–Trinajstić information content (AvgIpc) is 3.32. The number of amides is 1. The van der Waals surface area contributed by atoms with E-state index in [1.54, 1.807) is 16.8 Å². The van der Waals surface area contributed by atoms with E-state index in [4.69, 9.17) is 4.98 Å². The maximum Gasteiger partial charge on any atom is 0.418 e. The topological polar surface area (TPSA) is 66.8 Å². The highest BCUT2D eigenvalue weighted by Gasteiger charge is 2.38. The van der Waals surface area contributed by atoms with Gasteiger partial charge in [0.25, 0.3) is 0 Å². The number of nitrogens with one attached hydrogen (secondary N) is 1. The molecule has 6 nitrogen and oxygen atoms in total. The minimum atomic E-state index is -4.51. The first kappa shape index (κ1) is 23.9. The fourth-order valence-corrected chi connectivity index (χ4v) is 5.78. The van der Waals surface area contributed by atoms with Crippen molar-refractivity contribution >= 4 is 27.8 Å². The molecule has 2 aromatic heterocycles. The molecule has 3 heterocycles. The number of hydrogen-bond donors (Lipinski definition) is 1. The highest BCUT2D eigenvalue weighted by molar-refractivity contribution is 5.86. The lowest BCUT2D eigenvalue weighted by Crippen LogP contribution is -2.30. The predicted octanol–water partition coefficient (Wildman–Crippen LogP) is 6.52. The van der Waals surface area contributed by atoms with Gasteiger partial charge in [-0.05, 0) is 60.6 Å². The van der Waals surface area contributed by atoms with Gasteiger partial charge in [-0.3, -0.25) is 9.89 Å². The van der Waals surface area contributed by atoms with Crippen molar-refractivity contribution in [2.75, 3.05) is 13.1 Å². The Morgan fingerprint density at radius 1 is 0.974 bits per heavy atom. The summed E-state index contributed by atoms with van der Waals surface area (Å²) in [7, 11) is 0. The number of benzene rings is 3. The molecule has 39 heavy (non-hydrogen) atoms. The van der Waals surface area contributed by atoms with Crippen LogP contribution in [0.4, 0.5) is 13.2 Å². The van der Waals surface area contributed by atoms with Crippen LogP contribution in [0.25, 0.3) is 44.5 Å². The first-order chi connectivity index (χ1) is 18.8. The lowest BCUT2D eigenvalue weighted by Gasteiger charge is -2.19. The monoisotopic (exact) mass is 529 g/mol. The molecule has 1 N–H and O–H groups in total. The second-order valence-electron chi connectivity index (χ2n) is 10.7. The summed E-state index contributed by atoms with van der Waals surface area (Å²) in [4.78, 5) is 19.2. The van der Waals surface area contributed by atoms with Crippen LogP contribution in [-0.2, 0) is 17.5 Å². The van der Waals surface area contributed by atoms with Gasteiger partial charge in [0, 0.05) is 36.5 Å². The Labute approximate surface area is 222 Å². The van der Waals surface area contributed by atoms with E-state index in [0.717, 1.165) is 52.9 Å². The number of rotatable bonds is 5. The largest absolute Gasteiger partial charge is 0.418 e. The van der Waals surface area contributed by atoms with Gasteiger partial charge in [0.1, 0.15) is 5.82 Å². The van der Waals surface area contributed by atoms with E-state index in [1.165, 1.54) is 6.07 Å². The molecule has 198 valence electrons. The number of para-hydroxylation sites is 1. The predicted molar refractivity (Wildman–Crippen MR) is 143 cm³/mol. The number of aromatic nitrogens is 4. The van der Waals surface area contributed by atoms with Gasteiger partial charge in [0.2, 0.25) is 5.91 Å². The molecule has 1 aliphatic heterocycles. The maximum atomic E-state index is 14.1. The molecule has 7 rings (SSSR count). The second kappa shape index (κ2) is 8.97. The Hall–Kier alpha value is -4.14. The summed E-state index contributed by atoms with van der Waals surface area (Å²) in [5.41, 5.74) is 3.44. The minimum Gasteiger partial charge on any atom is -0.342 e. The number of alkyl halides is 3. The van der Waals surface area contributed by atoms with Crippen LogP contribution in [0.15, 0.2) is 66.9 Å². The molecule has 2 fully saturated rings. The van der Waals surface area contributed by atoms with Gasteiger partial charge in [0.15, 0.2) is 0 Å². The van der Waals surface area contributed by atoms with Crippen molar-refractivity contribution in [2.45, 2.75) is 32.0 Å². The third-order valence-electron chi connectivity index (χ3n) is 7.95. The van der Waals surface area contributed by atoms with Crippen molar-refractivity contribution in [1.82, 2.24) is 24.6 Å². The second-order valence-corrected chi connectivity index (χ2v) is 10.7. The molecule has 0 bridgehead atoms. The lowest BCUT2D eigenvalue weighted by atomic mass is 10.0. The summed E-state index contributed by atoms with van der Waals surface area (Å²) < 4.78 is 44.1. The molecule has 1 amide bonds. The third-order valence-corrected chi connectivity index (χ3v) is 7.95. The van der Waals surface area contributed by atoms with Crippen LogP contribution < -0.4 is 0 Å². The Balaban J connectivity index is 1.27. The van der Waals surface area contributed by atoms with Crippen LogP contribution in [0.5, 0.6) is 0 Å². The Kier molecular flexibility index (Phi) is 5.50. The standard InChI is InChI=1S/C30H26F3N5O/c31-30(32,33)24-2-1-3-26-27(24)38(17-18-12-13-37(16-18)29(39)21-8-9-21)28(35-26)20-6-4-19(5-7-20)22-10-11-25-23(14-22)15-34-36-25/h1-7,10-11,14-15,18,21H,8-9,12-13,16-17H2,(H,34,36)/t18-/m1/s1. The minimum absolute atomic E-state index is 0.0612. The molecule has 0 unspecified atom stereocenters. The normalized spacial score (nSPS) is 17.9. The van der Waals surface area contributed by atoms with Crippen LogP contribution in [0.3, 0.4) is 0 Å². The van der Waals surface area contributed by atoms with Gasteiger partial charge < -0.3 is 9.47 Å². The highest BCUT2D eigenvalue weighted by atomic mass is 19.4. The number of carbonyl (C=O) groups excluding carboxylic acids is 1. The van der Waals surface area contributed by atoms with Crippen molar-refractivity contribution in [3.8, 4) is 22.5 Å². The van der Waals surface area contributed by atoms with Gasteiger partial charge >= 0.3 is 6.18 Å². The highest BCUT2D eigenvalue weighted by Crippen LogP contribution is 2.39. The zero-order chi connectivity index (χ0) is 26.7. The van der Waals surface area contributed by atoms with E-state index >= 15 is 0 Å². The van der Waals surface area contributed by atoms with Crippen molar-refractivity contribution < 1.29 is 18.0 Å². The van der Waals surface area contributed by atoms with E-state index in [9.17, 15) is 18.0 Å². The Morgan fingerprint density at radius 3 is 2.51 bits per heavy atom. The molecule has 1 saturated heterocycles. The van der Waals surface area contributed by atoms with Gasteiger partial charge in [-0.15, -0.1) is 0 Å². The molecule has 2 aliphatic rings. The SMILES string of the molecule is O=C(C1CC1)N1CC[C@@H](Cn2c(-c3ccc(-c4ccc5[nH]ncc5c4)cc3)nc3cccc(C(F)(F)F)c32)C1. The molecule has 0 radical (unpaired) electrons. The molecule has 3 aromatic carbocycles. The number of fused-ring (bicyclic) bond motifs is 2. The van der Waals surface area contributed by atoms with Gasteiger partial charge in [0.05, 0.1) is 28.3 Å². The smallest absolute Gasteiger partial charge is 0.342 e. The molecule has 1 saturated carbocycles. The summed E-state index contributed by atoms with van der Waals surface area (Å²) in [6, 6.07) is 18.0. The molecular formula is C30H26F3N5O. The summed E-state index contributed by atoms with van der Waals surface area (Å²) in [6.45, 7) is 1.59. The van der Waals surface area contributed by atoms with Crippen molar-refractivity contribution in [3.63, 3.8) is 0 Å². The quantitative estimate of drug-likeness (QED) is 0.282. The molecule has 5 aromatic rings. The van der Waals surface area contributed by atoms with E-state index in [0.29, 0.717) is 31.0 Å². The van der Waals surface area contributed by atoms with E-state index < -0.39 is 11.7 Å². The fourth-order valence-electron chi connectivity index (χ4n) is 5.78. The van der Waals surface area contributed by atoms with Crippen molar-refractivity contribution in [3.05, 3.63) is 72.4 Å². The molecule has 0 spiro atoms. The van der Waals surface area contributed by atoms with Gasteiger partial charge in [-0.1, -0.05) is 36.4 Å². The van der Waals surface area contributed by atoms with Crippen LogP contribution in [-0.4, -0.2) is 43.6 Å². The van der Waals surface area contributed by atoms with Crippen LogP contribution in [0, 0.1) is 11.8 Å².